The zero-order chi connectivity index (χ0) is 19.7. The number of rotatable bonds is 5. The van der Waals surface area contributed by atoms with E-state index in [1.807, 2.05) is 0 Å². The van der Waals surface area contributed by atoms with Gasteiger partial charge in [0.15, 0.2) is 6.61 Å². The van der Waals surface area contributed by atoms with Crippen molar-refractivity contribution in [3.63, 3.8) is 0 Å². The zero-order valence-electron chi connectivity index (χ0n) is 13.9. The van der Waals surface area contributed by atoms with E-state index in [4.69, 9.17) is 4.74 Å². The van der Waals surface area contributed by atoms with Gasteiger partial charge in [-0.1, -0.05) is 6.07 Å². The van der Waals surface area contributed by atoms with Gasteiger partial charge < -0.3 is 4.74 Å². The third-order valence-corrected chi connectivity index (χ3v) is 4.19. The number of ether oxygens (including phenoxy) is 1. The highest BCUT2D eigenvalue weighted by Gasteiger charge is 2.42. The fourth-order valence-electron chi connectivity index (χ4n) is 2.92. The van der Waals surface area contributed by atoms with Crippen molar-refractivity contribution in [2.45, 2.75) is 12.8 Å². The molecule has 3 rings (SSSR count). The molecular weight excluding hydrogens is 362 g/mol. The monoisotopic (exact) mass is 375 g/mol. The van der Waals surface area contributed by atoms with E-state index in [2.05, 4.69) is 0 Å². The number of carbonyl (C=O) groups excluding carboxylic acids is 5. The summed E-state index contributed by atoms with van der Waals surface area (Å²) in [6.45, 7) is -1.25. The Bertz CT molecular complexity index is 894. The Kier molecular flexibility index (Phi) is 4.67. The van der Waals surface area contributed by atoms with E-state index in [0.717, 1.165) is 11.0 Å². The van der Waals surface area contributed by atoms with Crippen molar-refractivity contribution in [2.24, 2.45) is 0 Å². The first-order valence-corrected chi connectivity index (χ1v) is 7.93. The molecule has 0 aromatic heterocycles. The molecule has 0 N–H and O–H groups in total. The van der Waals surface area contributed by atoms with E-state index in [1.165, 1.54) is 12.1 Å². The van der Waals surface area contributed by atoms with Gasteiger partial charge in [-0.05, 0) is 12.5 Å². The van der Waals surface area contributed by atoms with Gasteiger partial charge in [0.05, 0.1) is 10.5 Å². The van der Waals surface area contributed by atoms with Crippen LogP contribution in [0, 0.1) is 10.1 Å². The van der Waals surface area contributed by atoms with Crippen LogP contribution in [0.15, 0.2) is 18.2 Å². The van der Waals surface area contributed by atoms with Crippen LogP contribution in [-0.4, -0.2) is 64.0 Å². The molecule has 1 saturated heterocycles. The molecule has 4 amide bonds. The van der Waals surface area contributed by atoms with Crippen molar-refractivity contribution in [3.05, 3.63) is 39.4 Å². The zero-order valence-corrected chi connectivity index (χ0v) is 13.9. The first-order chi connectivity index (χ1) is 12.8. The van der Waals surface area contributed by atoms with Crippen LogP contribution in [0.4, 0.5) is 5.69 Å². The number of hydrogen-bond donors (Lipinski definition) is 0. The van der Waals surface area contributed by atoms with E-state index in [1.54, 1.807) is 0 Å². The fourth-order valence-corrected chi connectivity index (χ4v) is 2.92. The third-order valence-electron chi connectivity index (χ3n) is 4.19. The smallest absolute Gasteiger partial charge is 0.326 e. The summed E-state index contributed by atoms with van der Waals surface area (Å²) < 4.78 is 4.74. The Morgan fingerprint density at radius 3 is 2.56 bits per heavy atom. The van der Waals surface area contributed by atoms with Gasteiger partial charge in [-0.2, -0.15) is 0 Å². The molecule has 2 heterocycles. The van der Waals surface area contributed by atoms with Crippen LogP contribution in [0.3, 0.4) is 0 Å². The number of amides is 4. The molecule has 0 bridgehead atoms. The molecule has 27 heavy (non-hydrogen) atoms. The van der Waals surface area contributed by atoms with Crippen LogP contribution >= 0.6 is 0 Å². The van der Waals surface area contributed by atoms with Gasteiger partial charge in [-0.15, -0.1) is 0 Å². The molecule has 0 saturated carbocycles. The highest BCUT2D eigenvalue weighted by molar-refractivity contribution is 6.24. The third kappa shape index (κ3) is 3.26. The predicted molar refractivity (Wildman–Crippen MR) is 85.4 cm³/mol. The van der Waals surface area contributed by atoms with E-state index in [9.17, 15) is 34.1 Å². The molecule has 0 aliphatic carbocycles. The van der Waals surface area contributed by atoms with Crippen molar-refractivity contribution in [1.82, 2.24) is 9.80 Å². The standard InChI is InChI=1S/C16H13N3O8/c20-11-5-2-6-17(11)12(21)8-27-13(22)7-18-15(23)9-3-1-4-10(19(25)26)14(9)16(18)24/h1,3-4H,2,5-8H2. The summed E-state index contributed by atoms with van der Waals surface area (Å²) in [4.78, 5) is 71.5. The lowest BCUT2D eigenvalue weighted by molar-refractivity contribution is -0.385. The van der Waals surface area contributed by atoms with Gasteiger partial charge in [0.25, 0.3) is 23.4 Å². The van der Waals surface area contributed by atoms with Crippen LogP contribution in [0.5, 0.6) is 0 Å². The van der Waals surface area contributed by atoms with Gasteiger partial charge in [0.1, 0.15) is 12.1 Å². The Morgan fingerprint density at radius 2 is 1.93 bits per heavy atom. The van der Waals surface area contributed by atoms with Crippen LogP contribution in [-0.2, 0) is 19.1 Å². The van der Waals surface area contributed by atoms with Gasteiger partial charge in [0.2, 0.25) is 5.91 Å². The molecule has 2 aliphatic heterocycles. The molecule has 1 aromatic rings. The van der Waals surface area contributed by atoms with Gasteiger partial charge in [-0.3, -0.25) is 43.9 Å². The minimum atomic E-state index is -1.05. The summed E-state index contributed by atoms with van der Waals surface area (Å²) in [5.74, 6) is -3.95. The lowest BCUT2D eigenvalue weighted by Gasteiger charge is -2.15. The summed E-state index contributed by atoms with van der Waals surface area (Å²) >= 11 is 0. The summed E-state index contributed by atoms with van der Waals surface area (Å²) in [5.41, 5.74) is -1.11. The van der Waals surface area contributed by atoms with Crippen molar-refractivity contribution < 1.29 is 33.6 Å². The maximum atomic E-state index is 12.3. The Hall–Kier alpha value is -3.63. The SMILES string of the molecule is O=C(CN1C(=O)c2cccc([N+](=O)[O-])c2C1=O)OCC(=O)N1CCCC1=O. The second-order valence-electron chi connectivity index (χ2n) is 5.86. The highest BCUT2D eigenvalue weighted by Crippen LogP contribution is 2.30. The Morgan fingerprint density at radius 1 is 1.19 bits per heavy atom. The van der Waals surface area contributed by atoms with E-state index in [-0.39, 0.29) is 30.0 Å². The Balaban J connectivity index is 1.65. The molecular formula is C16H13N3O8. The molecule has 0 spiro atoms. The first kappa shape index (κ1) is 18.2. The Labute approximate surface area is 151 Å². The van der Waals surface area contributed by atoms with Crippen LogP contribution in [0.1, 0.15) is 33.6 Å². The second kappa shape index (κ2) is 6.94. The number of nitro groups is 1. The van der Waals surface area contributed by atoms with Gasteiger partial charge in [0, 0.05) is 19.0 Å². The van der Waals surface area contributed by atoms with Crippen LogP contribution in [0.2, 0.25) is 0 Å². The second-order valence-corrected chi connectivity index (χ2v) is 5.86. The number of imide groups is 2. The molecule has 0 atom stereocenters. The number of nitro benzene ring substituents is 1. The van der Waals surface area contributed by atoms with Crippen LogP contribution < -0.4 is 0 Å². The normalized spacial score (nSPS) is 15.9. The molecule has 0 radical (unpaired) electrons. The van der Waals surface area contributed by atoms with E-state index in [0.29, 0.717) is 11.3 Å². The number of hydrogen-bond acceptors (Lipinski definition) is 8. The van der Waals surface area contributed by atoms with E-state index < -0.39 is 47.5 Å². The maximum absolute atomic E-state index is 12.3. The lowest BCUT2D eigenvalue weighted by atomic mass is 10.1. The topological polar surface area (TPSA) is 144 Å². The molecule has 2 aliphatic rings. The number of carbonyl (C=O) groups is 5. The van der Waals surface area contributed by atoms with Crippen molar-refractivity contribution >= 4 is 35.3 Å². The number of nitrogens with zero attached hydrogens (tertiary/aromatic N) is 3. The fraction of sp³-hybridized carbons (Fsp3) is 0.312. The molecule has 140 valence electrons. The maximum Gasteiger partial charge on any atom is 0.326 e. The molecule has 1 aromatic carbocycles. The predicted octanol–water partition coefficient (Wildman–Crippen LogP) is -0.117. The van der Waals surface area contributed by atoms with Crippen molar-refractivity contribution in [1.29, 1.82) is 0 Å². The number of benzene rings is 1. The number of likely N-dealkylation sites (tertiary alicyclic amines) is 1. The quantitative estimate of drug-likeness (QED) is 0.300. The van der Waals surface area contributed by atoms with Crippen LogP contribution in [0.25, 0.3) is 0 Å². The van der Waals surface area contributed by atoms with Crippen molar-refractivity contribution in [2.75, 3.05) is 19.7 Å². The first-order valence-electron chi connectivity index (χ1n) is 7.93. The number of esters is 1. The summed E-state index contributed by atoms with van der Waals surface area (Å²) in [5, 5.41) is 11.0. The minimum absolute atomic E-state index is 0.180. The average Bonchev–Trinajstić information content (AvgIpc) is 3.17. The summed E-state index contributed by atoms with van der Waals surface area (Å²) in [7, 11) is 0. The van der Waals surface area contributed by atoms with E-state index >= 15 is 0 Å². The summed E-state index contributed by atoms with van der Waals surface area (Å²) in [6, 6.07) is 3.59. The molecule has 0 unspecified atom stereocenters. The van der Waals surface area contributed by atoms with Gasteiger partial charge in [-0.25, -0.2) is 0 Å². The molecule has 11 heteroatoms. The molecule has 11 nitrogen and oxygen atoms in total. The lowest BCUT2D eigenvalue weighted by Crippen LogP contribution is -2.39. The van der Waals surface area contributed by atoms with Crippen molar-refractivity contribution in [3.8, 4) is 0 Å². The average molecular weight is 375 g/mol. The number of fused-ring (bicyclic) bond motifs is 1. The highest BCUT2D eigenvalue weighted by atomic mass is 16.6. The molecule has 1 fully saturated rings. The van der Waals surface area contributed by atoms with Gasteiger partial charge >= 0.3 is 5.97 Å². The minimum Gasteiger partial charge on any atom is -0.454 e. The largest absolute Gasteiger partial charge is 0.454 e. The summed E-state index contributed by atoms with van der Waals surface area (Å²) in [6.07, 6.45) is 0.778.